The highest BCUT2D eigenvalue weighted by Gasteiger charge is 2.30. The summed E-state index contributed by atoms with van der Waals surface area (Å²) in [7, 11) is 0. The lowest BCUT2D eigenvalue weighted by Crippen LogP contribution is -2.08. The maximum Gasteiger partial charge on any atom is 0.389 e. The van der Waals surface area contributed by atoms with E-state index >= 15 is 0 Å². The van der Waals surface area contributed by atoms with E-state index in [1.807, 2.05) is 0 Å². The Balaban J connectivity index is 2.18. The summed E-state index contributed by atoms with van der Waals surface area (Å²) >= 11 is 9.25. The molecule has 18 heavy (non-hydrogen) atoms. The van der Waals surface area contributed by atoms with Gasteiger partial charge in [-0.05, 0) is 24.1 Å². The molecule has 0 saturated heterocycles. The molecule has 1 nitrogen and oxygen atoms in total. The zero-order valence-electron chi connectivity index (χ0n) is 9.36. The van der Waals surface area contributed by atoms with Crippen LogP contribution in [0.5, 0.6) is 5.75 Å². The summed E-state index contributed by atoms with van der Waals surface area (Å²) in [4.78, 5) is -0.398. The predicted molar refractivity (Wildman–Crippen MR) is 67.6 cm³/mol. The third kappa shape index (κ3) is 3.32. The molecule has 1 atom stereocenters. The van der Waals surface area contributed by atoms with Gasteiger partial charge >= 0.3 is 6.18 Å². The van der Waals surface area contributed by atoms with E-state index in [1.165, 1.54) is 0 Å². The monoisotopic (exact) mass is 342 g/mol. The normalized spacial score (nSPS) is 16.3. The van der Waals surface area contributed by atoms with Crippen LogP contribution < -0.4 is 4.74 Å². The van der Waals surface area contributed by atoms with E-state index in [4.69, 9.17) is 16.3 Å². The van der Waals surface area contributed by atoms with Crippen molar-refractivity contribution >= 4 is 27.5 Å². The molecular weight excluding hydrogens is 332 g/mol. The summed E-state index contributed by atoms with van der Waals surface area (Å²) in [5.41, 5.74) is 1.67. The largest absolute Gasteiger partial charge is 0.493 e. The number of hydrogen-bond donors (Lipinski definition) is 0. The fourth-order valence-corrected chi connectivity index (χ4v) is 2.79. The van der Waals surface area contributed by atoms with Crippen molar-refractivity contribution in [2.24, 2.45) is 0 Å². The minimum atomic E-state index is -4.14. The molecule has 100 valence electrons. The maximum absolute atomic E-state index is 12.2. The Morgan fingerprint density at radius 2 is 2.11 bits per heavy atom. The lowest BCUT2D eigenvalue weighted by atomic mass is 10.0. The van der Waals surface area contributed by atoms with Crippen molar-refractivity contribution in [2.75, 3.05) is 6.61 Å². The van der Waals surface area contributed by atoms with Gasteiger partial charge in [0, 0.05) is 28.3 Å². The van der Waals surface area contributed by atoms with E-state index in [-0.39, 0.29) is 6.42 Å². The zero-order chi connectivity index (χ0) is 13.3. The van der Waals surface area contributed by atoms with E-state index in [0.717, 1.165) is 12.0 Å². The van der Waals surface area contributed by atoms with Crippen LogP contribution >= 0.6 is 27.5 Å². The van der Waals surface area contributed by atoms with Gasteiger partial charge in [-0.2, -0.15) is 13.2 Å². The van der Waals surface area contributed by atoms with Crippen molar-refractivity contribution in [3.63, 3.8) is 0 Å². The van der Waals surface area contributed by atoms with Gasteiger partial charge in [-0.3, -0.25) is 0 Å². The first-order valence-electron chi connectivity index (χ1n) is 5.53. The van der Waals surface area contributed by atoms with Crippen molar-refractivity contribution in [3.8, 4) is 5.75 Å². The molecule has 0 spiro atoms. The van der Waals surface area contributed by atoms with Crippen LogP contribution in [0.2, 0.25) is 5.02 Å². The van der Waals surface area contributed by atoms with Crippen LogP contribution in [0, 0.1) is 0 Å². The third-order valence-corrected chi connectivity index (χ3v) is 3.97. The molecule has 0 aliphatic carbocycles. The molecular formula is C12H11BrClF3O. The number of rotatable bonds is 3. The van der Waals surface area contributed by atoms with Crippen LogP contribution in [0.25, 0.3) is 0 Å². The number of benzene rings is 1. The number of ether oxygens (including phenoxy) is 1. The Hall–Kier alpha value is -0.420. The van der Waals surface area contributed by atoms with E-state index in [1.54, 1.807) is 12.1 Å². The molecule has 2 rings (SSSR count). The van der Waals surface area contributed by atoms with E-state index in [0.29, 0.717) is 22.9 Å². The highest BCUT2D eigenvalue weighted by molar-refractivity contribution is 9.09. The molecule has 0 fully saturated rings. The SMILES string of the molecule is FC(F)(F)CCC(Br)c1cc(Cl)cc2c1OCC2. The Morgan fingerprint density at radius 3 is 2.78 bits per heavy atom. The minimum absolute atomic E-state index is 0.0281. The first-order valence-corrected chi connectivity index (χ1v) is 6.82. The quantitative estimate of drug-likeness (QED) is 0.698. The average Bonchev–Trinajstić information content (AvgIpc) is 2.71. The van der Waals surface area contributed by atoms with Crippen molar-refractivity contribution in [1.29, 1.82) is 0 Å². The second-order valence-corrected chi connectivity index (χ2v) is 5.74. The van der Waals surface area contributed by atoms with E-state index in [9.17, 15) is 13.2 Å². The second kappa shape index (κ2) is 5.29. The van der Waals surface area contributed by atoms with Crippen LogP contribution in [0.3, 0.4) is 0 Å². The van der Waals surface area contributed by atoms with Crippen LogP contribution in [-0.4, -0.2) is 12.8 Å². The molecule has 0 radical (unpaired) electrons. The maximum atomic E-state index is 12.2. The predicted octanol–water partition coefficient (Wildman–Crippen LogP) is 5.05. The average molecular weight is 344 g/mol. The van der Waals surface area contributed by atoms with Crippen LogP contribution in [-0.2, 0) is 6.42 Å². The Labute approximate surface area is 116 Å². The molecule has 1 aliphatic heterocycles. The van der Waals surface area contributed by atoms with Gasteiger partial charge in [0.05, 0.1) is 6.61 Å². The minimum Gasteiger partial charge on any atom is -0.493 e. The fourth-order valence-electron chi connectivity index (χ4n) is 1.98. The first kappa shape index (κ1) is 14.0. The summed E-state index contributed by atoms with van der Waals surface area (Å²) in [6.07, 6.45) is -4.25. The van der Waals surface area contributed by atoms with Gasteiger partial charge in [-0.15, -0.1) is 0 Å². The van der Waals surface area contributed by atoms with E-state index in [2.05, 4.69) is 15.9 Å². The highest BCUT2D eigenvalue weighted by atomic mass is 79.9. The van der Waals surface area contributed by atoms with Crippen molar-refractivity contribution in [2.45, 2.75) is 30.3 Å². The molecule has 0 saturated carbocycles. The summed E-state index contributed by atoms with van der Waals surface area (Å²) in [5, 5.41) is 0.533. The Morgan fingerprint density at radius 1 is 1.39 bits per heavy atom. The van der Waals surface area contributed by atoms with Crippen LogP contribution in [0.15, 0.2) is 12.1 Å². The molecule has 6 heteroatoms. The molecule has 0 amide bonds. The van der Waals surface area contributed by atoms with Gasteiger partial charge in [0.25, 0.3) is 0 Å². The highest BCUT2D eigenvalue weighted by Crippen LogP contribution is 2.42. The van der Waals surface area contributed by atoms with Gasteiger partial charge in [-0.25, -0.2) is 0 Å². The van der Waals surface area contributed by atoms with Crippen LogP contribution in [0.4, 0.5) is 13.2 Å². The van der Waals surface area contributed by atoms with Crippen molar-refractivity contribution in [1.82, 2.24) is 0 Å². The molecule has 0 bridgehead atoms. The Kier molecular flexibility index (Phi) is 4.11. The summed E-state index contributed by atoms with van der Waals surface area (Å²) in [6.45, 7) is 0.557. The topological polar surface area (TPSA) is 9.23 Å². The molecule has 1 aliphatic rings. The first-order chi connectivity index (χ1) is 8.37. The summed E-state index contributed by atoms with van der Waals surface area (Å²) in [6, 6.07) is 3.47. The molecule has 1 heterocycles. The number of alkyl halides is 4. The molecule has 1 aromatic rings. The number of hydrogen-bond acceptors (Lipinski definition) is 1. The van der Waals surface area contributed by atoms with Crippen molar-refractivity contribution < 1.29 is 17.9 Å². The number of halogens is 5. The zero-order valence-corrected chi connectivity index (χ0v) is 11.7. The van der Waals surface area contributed by atoms with E-state index < -0.39 is 17.4 Å². The number of fused-ring (bicyclic) bond motifs is 1. The molecule has 1 unspecified atom stereocenters. The van der Waals surface area contributed by atoms with Gasteiger partial charge in [0.1, 0.15) is 5.75 Å². The third-order valence-electron chi connectivity index (χ3n) is 2.80. The lowest BCUT2D eigenvalue weighted by Gasteiger charge is -2.15. The van der Waals surface area contributed by atoms with Gasteiger partial charge in [-0.1, -0.05) is 27.5 Å². The van der Waals surface area contributed by atoms with Gasteiger partial charge < -0.3 is 4.74 Å². The van der Waals surface area contributed by atoms with Crippen molar-refractivity contribution in [3.05, 3.63) is 28.3 Å². The van der Waals surface area contributed by atoms with Gasteiger partial charge in [0.2, 0.25) is 0 Å². The van der Waals surface area contributed by atoms with Crippen LogP contribution in [0.1, 0.15) is 28.8 Å². The fraction of sp³-hybridized carbons (Fsp3) is 0.500. The molecule has 1 aromatic carbocycles. The summed E-state index contributed by atoms with van der Waals surface area (Å²) < 4.78 is 42.1. The molecule has 0 N–H and O–H groups in total. The smallest absolute Gasteiger partial charge is 0.389 e. The van der Waals surface area contributed by atoms with Gasteiger partial charge in [0.15, 0.2) is 0 Å². The second-order valence-electron chi connectivity index (χ2n) is 4.20. The summed E-state index contributed by atoms with van der Waals surface area (Å²) in [5.74, 6) is 0.684. The Bertz CT molecular complexity index is 448. The lowest BCUT2D eigenvalue weighted by molar-refractivity contribution is -0.135. The standard InChI is InChI=1S/C12H11BrClF3O/c13-10(1-3-12(15,16)17)9-6-8(14)5-7-2-4-18-11(7)9/h5-6,10H,1-4H2. The molecule has 0 aromatic heterocycles.